The van der Waals surface area contributed by atoms with Gasteiger partial charge in [0.1, 0.15) is 0 Å². The molecule has 0 fully saturated rings. The highest BCUT2D eigenvalue weighted by Crippen LogP contribution is 2.09. The van der Waals surface area contributed by atoms with E-state index in [1.807, 2.05) is 39.2 Å². The van der Waals surface area contributed by atoms with Crippen molar-refractivity contribution >= 4 is 5.91 Å². The SMILES string of the molecule is CCN(C)C(=O)C(C)Cc1cccnc1. The normalized spacial score (nSPS) is 12.2. The Morgan fingerprint density at radius 2 is 2.33 bits per heavy atom. The van der Waals surface area contributed by atoms with Crippen LogP contribution in [0, 0.1) is 5.92 Å². The average molecular weight is 206 g/mol. The van der Waals surface area contributed by atoms with E-state index in [-0.39, 0.29) is 11.8 Å². The van der Waals surface area contributed by atoms with E-state index in [4.69, 9.17) is 0 Å². The number of carbonyl (C=O) groups is 1. The highest BCUT2D eigenvalue weighted by molar-refractivity contribution is 5.78. The summed E-state index contributed by atoms with van der Waals surface area (Å²) in [5.74, 6) is 0.223. The number of aromatic nitrogens is 1. The van der Waals surface area contributed by atoms with E-state index in [1.54, 1.807) is 11.1 Å². The first-order chi connectivity index (χ1) is 7.15. The molecule has 0 aliphatic heterocycles. The molecule has 82 valence electrons. The maximum absolute atomic E-state index is 11.8. The van der Waals surface area contributed by atoms with Crippen LogP contribution < -0.4 is 0 Å². The number of pyridine rings is 1. The van der Waals surface area contributed by atoms with Crippen LogP contribution in [0.3, 0.4) is 0 Å². The molecule has 1 atom stereocenters. The molecule has 1 heterocycles. The van der Waals surface area contributed by atoms with E-state index in [0.717, 1.165) is 18.5 Å². The van der Waals surface area contributed by atoms with E-state index >= 15 is 0 Å². The molecule has 0 N–H and O–H groups in total. The van der Waals surface area contributed by atoms with Gasteiger partial charge in [-0.3, -0.25) is 9.78 Å². The van der Waals surface area contributed by atoms with Gasteiger partial charge in [0.25, 0.3) is 0 Å². The summed E-state index contributed by atoms with van der Waals surface area (Å²) in [6.45, 7) is 4.70. The van der Waals surface area contributed by atoms with Gasteiger partial charge < -0.3 is 4.90 Å². The lowest BCUT2D eigenvalue weighted by Gasteiger charge is -2.19. The zero-order chi connectivity index (χ0) is 11.3. The zero-order valence-corrected chi connectivity index (χ0v) is 9.60. The van der Waals surface area contributed by atoms with Crippen LogP contribution >= 0.6 is 0 Å². The largest absolute Gasteiger partial charge is 0.346 e. The van der Waals surface area contributed by atoms with Gasteiger partial charge in [-0.15, -0.1) is 0 Å². The van der Waals surface area contributed by atoms with Gasteiger partial charge in [0.2, 0.25) is 5.91 Å². The maximum atomic E-state index is 11.8. The van der Waals surface area contributed by atoms with Crippen molar-refractivity contribution < 1.29 is 4.79 Å². The fourth-order valence-electron chi connectivity index (χ4n) is 1.49. The number of carbonyl (C=O) groups excluding carboxylic acids is 1. The van der Waals surface area contributed by atoms with E-state index in [2.05, 4.69) is 4.98 Å². The smallest absolute Gasteiger partial charge is 0.225 e. The molecule has 0 saturated carbocycles. The quantitative estimate of drug-likeness (QED) is 0.751. The molecule has 3 nitrogen and oxygen atoms in total. The Morgan fingerprint density at radius 3 is 2.87 bits per heavy atom. The lowest BCUT2D eigenvalue weighted by Crippen LogP contribution is -2.32. The molecule has 1 unspecified atom stereocenters. The van der Waals surface area contributed by atoms with Gasteiger partial charge in [0.15, 0.2) is 0 Å². The highest BCUT2D eigenvalue weighted by Gasteiger charge is 2.16. The van der Waals surface area contributed by atoms with Crippen LogP contribution in [-0.4, -0.2) is 29.4 Å². The van der Waals surface area contributed by atoms with Gasteiger partial charge in [-0.2, -0.15) is 0 Å². The Hall–Kier alpha value is -1.38. The molecule has 3 heteroatoms. The highest BCUT2D eigenvalue weighted by atomic mass is 16.2. The van der Waals surface area contributed by atoms with Crippen LogP contribution in [0.2, 0.25) is 0 Å². The number of amides is 1. The van der Waals surface area contributed by atoms with Gasteiger partial charge in [-0.25, -0.2) is 0 Å². The summed E-state index contributed by atoms with van der Waals surface area (Å²) >= 11 is 0. The minimum absolute atomic E-state index is 0.0270. The number of hydrogen-bond acceptors (Lipinski definition) is 2. The molecule has 0 radical (unpaired) electrons. The van der Waals surface area contributed by atoms with Crippen molar-refractivity contribution in [3.05, 3.63) is 30.1 Å². The summed E-state index contributed by atoms with van der Waals surface area (Å²) in [4.78, 5) is 17.6. The van der Waals surface area contributed by atoms with Crippen LogP contribution in [0.1, 0.15) is 19.4 Å². The number of hydrogen-bond donors (Lipinski definition) is 0. The standard InChI is InChI=1S/C12H18N2O/c1-4-14(3)12(15)10(2)8-11-6-5-7-13-9-11/h5-7,9-10H,4,8H2,1-3H3. The Balaban J connectivity index is 2.56. The molecular formula is C12H18N2O. The van der Waals surface area contributed by atoms with Gasteiger partial charge >= 0.3 is 0 Å². The Labute approximate surface area is 91.1 Å². The fraction of sp³-hybridized carbons (Fsp3) is 0.500. The first kappa shape index (κ1) is 11.7. The maximum Gasteiger partial charge on any atom is 0.225 e. The molecular weight excluding hydrogens is 188 g/mol. The van der Waals surface area contributed by atoms with E-state index in [1.165, 1.54) is 0 Å². The van der Waals surface area contributed by atoms with Gasteiger partial charge in [-0.05, 0) is 25.0 Å². The molecule has 0 aliphatic rings. The van der Waals surface area contributed by atoms with Crippen LogP contribution in [0.15, 0.2) is 24.5 Å². The van der Waals surface area contributed by atoms with Crippen molar-refractivity contribution in [1.29, 1.82) is 0 Å². The number of nitrogens with zero attached hydrogens (tertiary/aromatic N) is 2. The van der Waals surface area contributed by atoms with Gasteiger partial charge in [0.05, 0.1) is 0 Å². The van der Waals surface area contributed by atoms with Crippen LogP contribution in [0.4, 0.5) is 0 Å². The molecule has 0 aliphatic carbocycles. The third-order valence-corrected chi connectivity index (χ3v) is 2.54. The predicted molar refractivity (Wildman–Crippen MR) is 60.4 cm³/mol. The van der Waals surface area contributed by atoms with Crippen LogP contribution in [-0.2, 0) is 11.2 Å². The molecule has 15 heavy (non-hydrogen) atoms. The van der Waals surface area contributed by atoms with E-state index < -0.39 is 0 Å². The minimum atomic E-state index is 0.0270. The van der Waals surface area contributed by atoms with Crippen molar-refractivity contribution in [3.63, 3.8) is 0 Å². The Bertz CT molecular complexity index is 311. The van der Waals surface area contributed by atoms with Crippen molar-refractivity contribution in [2.24, 2.45) is 5.92 Å². The van der Waals surface area contributed by atoms with Crippen molar-refractivity contribution in [3.8, 4) is 0 Å². The second-order valence-electron chi connectivity index (χ2n) is 3.82. The van der Waals surface area contributed by atoms with Crippen LogP contribution in [0.5, 0.6) is 0 Å². The second kappa shape index (κ2) is 5.49. The molecule has 0 saturated heterocycles. The average Bonchev–Trinajstić information content (AvgIpc) is 2.28. The monoisotopic (exact) mass is 206 g/mol. The summed E-state index contributed by atoms with van der Waals surface area (Å²) in [6, 6.07) is 3.90. The Kier molecular flexibility index (Phi) is 4.28. The first-order valence-electron chi connectivity index (χ1n) is 5.29. The first-order valence-corrected chi connectivity index (χ1v) is 5.29. The molecule has 1 aromatic heterocycles. The molecule has 0 bridgehead atoms. The summed E-state index contributed by atoms with van der Waals surface area (Å²) < 4.78 is 0. The minimum Gasteiger partial charge on any atom is -0.346 e. The van der Waals surface area contributed by atoms with Crippen molar-refractivity contribution in [1.82, 2.24) is 9.88 Å². The molecule has 1 amide bonds. The molecule has 1 aromatic rings. The van der Waals surface area contributed by atoms with Gasteiger partial charge in [0, 0.05) is 31.9 Å². The zero-order valence-electron chi connectivity index (χ0n) is 9.60. The van der Waals surface area contributed by atoms with E-state index in [9.17, 15) is 4.79 Å². The summed E-state index contributed by atoms with van der Waals surface area (Å²) in [7, 11) is 1.84. The molecule has 1 rings (SSSR count). The summed E-state index contributed by atoms with van der Waals surface area (Å²) in [5, 5.41) is 0. The summed E-state index contributed by atoms with van der Waals surface area (Å²) in [6.07, 6.45) is 4.32. The third kappa shape index (κ3) is 3.35. The lowest BCUT2D eigenvalue weighted by atomic mass is 10.0. The topological polar surface area (TPSA) is 33.2 Å². The molecule has 0 spiro atoms. The molecule has 0 aromatic carbocycles. The van der Waals surface area contributed by atoms with E-state index in [0.29, 0.717) is 0 Å². The fourth-order valence-corrected chi connectivity index (χ4v) is 1.49. The Morgan fingerprint density at radius 1 is 1.60 bits per heavy atom. The lowest BCUT2D eigenvalue weighted by molar-refractivity contribution is -0.133. The van der Waals surface area contributed by atoms with Crippen LogP contribution in [0.25, 0.3) is 0 Å². The summed E-state index contributed by atoms with van der Waals surface area (Å²) in [5.41, 5.74) is 1.11. The van der Waals surface area contributed by atoms with Crippen molar-refractivity contribution in [2.45, 2.75) is 20.3 Å². The van der Waals surface area contributed by atoms with Crippen molar-refractivity contribution in [2.75, 3.05) is 13.6 Å². The number of rotatable bonds is 4. The predicted octanol–water partition coefficient (Wildman–Crippen LogP) is 1.74. The third-order valence-electron chi connectivity index (χ3n) is 2.54. The second-order valence-corrected chi connectivity index (χ2v) is 3.82. The van der Waals surface area contributed by atoms with Gasteiger partial charge in [-0.1, -0.05) is 13.0 Å².